The molecule has 3 heteroatoms. The topological polar surface area (TPSA) is 23.8 Å². The highest BCUT2D eigenvalue weighted by Crippen LogP contribution is 2.23. The first-order valence-corrected chi connectivity index (χ1v) is 6.50. The van der Waals surface area contributed by atoms with Crippen LogP contribution in [0.25, 0.3) is 11.6 Å². The van der Waals surface area contributed by atoms with Crippen molar-refractivity contribution in [2.24, 2.45) is 0 Å². The molecule has 18 heavy (non-hydrogen) atoms. The molecule has 2 aromatic rings. The number of hydrogen-bond donors (Lipinski definition) is 0. The van der Waals surface area contributed by atoms with Crippen molar-refractivity contribution >= 4 is 39.2 Å². The van der Waals surface area contributed by atoms with Crippen LogP contribution in [-0.4, -0.2) is 0 Å². The third-order valence-electron chi connectivity index (χ3n) is 2.48. The van der Waals surface area contributed by atoms with Crippen molar-refractivity contribution in [3.8, 4) is 6.07 Å². The minimum atomic E-state index is 0.593. The fourth-order valence-corrected chi connectivity index (χ4v) is 2.01. The van der Waals surface area contributed by atoms with Gasteiger partial charge >= 0.3 is 0 Å². The average molecular weight is 319 g/mol. The van der Waals surface area contributed by atoms with Crippen LogP contribution in [0, 0.1) is 11.3 Å². The third kappa shape index (κ3) is 3.01. The Bertz CT molecular complexity index is 624. The van der Waals surface area contributed by atoms with Crippen molar-refractivity contribution in [3.63, 3.8) is 0 Å². The summed E-state index contributed by atoms with van der Waals surface area (Å²) in [6.45, 7) is 0. The second-order valence-electron chi connectivity index (χ2n) is 3.70. The van der Waals surface area contributed by atoms with Gasteiger partial charge in [-0.1, -0.05) is 57.9 Å². The second kappa shape index (κ2) is 5.86. The quantitative estimate of drug-likeness (QED) is 0.554. The summed E-state index contributed by atoms with van der Waals surface area (Å²) >= 11 is 9.45. The van der Waals surface area contributed by atoms with Gasteiger partial charge in [-0.2, -0.15) is 5.26 Å². The van der Waals surface area contributed by atoms with Crippen molar-refractivity contribution in [1.82, 2.24) is 0 Å². The molecule has 0 fully saturated rings. The van der Waals surface area contributed by atoms with Crippen molar-refractivity contribution in [1.29, 1.82) is 5.26 Å². The van der Waals surface area contributed by atoms with Crippen LogP contribution in [0.4, 0.5) is 0 Å². The van der Waals surface area contributed by atoms with E-state index in [-0.39, 0.29) is 0 Å². The van der Waals surface area contributed by atoms with E-state index >= 15 is 0 Å². The number of hydrogen-bond acceptors (Lipinski definition) is 1. The molecule has 0 bridgehead atoms. The molecule has 0 heterocycles. The smallest absolute Gasteiger partial charge is 0.0998 e. The van der Waals surface area contributed by atoms with Crippen molar-refractivity contribution < 1.29 is 0 Å². The molecule has 0 spiro atoms. The summed E-state index contributed by atoms with van der Waals surface area (Å²) < 4.78 is 0.987. The minimum absolute atomic E-state index is 0.593. The van der Waals surface area contributed by atoms with E-state index in [1.165, 1.54) is 0 Å². The molecule has 0 aromatic heterocycles. The second-order valence-corrected chi connectivity index (χ2v) is 5.02. The number of nitrogens with zero attached hydrogens (tertiary/aromatic N) is 1. The first kappa shape index (κ1) is 12.9. The average Bonchev–Trinajstić information content (AvgIpc) is 2.39. The monoisotopic (exact) mass is 317 g/mol. The lowest BCUT2D eigenvalue weighted by Crippen LogP contribution is -1.82. The summed E-state index contributed by atoms with van der Waals surface area (Å²) in [6, 6.07) is 17.3. The first-order valence-electron chi connectivity index (χ1n) is 5.33. The van der Waals surface area contributed by atoms with Gasteiger partial charge in [0.15, 0.2) is 0 Å². The molecular weight excluding hydrogens is 310 g/mol. The van der Waals surface area contributed by atoms with E-state index in [1.54, 1.807) is 6.08 Å². The van der Waals surface area contributed by atoms with Crippen LogP contribution in [0.3, 0.4) is 0 Å². The number of rotatable bonds is 2. The largest absolute Gasteiger partial charge is 0.192 e. The summed E-state index contributed by atoms with van der Waals surface area (Å²) in [4.78, 5) is 0. The SMILES string of the molecule is N#CC(=Cc1ccccc1Cl)c1ccc(Br)cc1. The molecule has 0 radical (unpaired) electrons. The van der Waals surface area contributed by atoms with E-state index < -0.39 is 0 Å². The standard InChI is InChI=1S/C15H9BrClN/c16-14-7-5-11(6-8-14)13(10-18)9-12-3-1-2-4-15(12)17/h1-9H. The zero-order valence-corrected chi connectivity index (χ0v) is 11.7. The molecule has 0 atom stereocenters. The summed E-state index contributed by atoms with van der Waals surface area (Å²) in [6.07, 6.45) is 1.80. The fourth-order valence-electron chi connectivity index (χ4n) is 1.56. The van der Waals surface area contributed by atoms with E-state index in [4.69, 9.17) is 11.6 Å². The lowest BCUT2D eigenvalue weighted by molar-refractivity contribution is 1.52. The van der Waals surface area contributed by atoms with E-state index in [1.807, 2.05) is 48.5 Å². The fraction of sp³-hybridized carbons (Fsp3) is 0. The zero-order chi connectivity index (χ0) is 13.0. The van der Waals surface area contributed by atoms with Gasteiger partial charge < -0.3 is 0 Å². The Kier molecular flexibility index (Phi) is 4.19. The van der Waals surface area contributed by atoms with Crippen molar-refractivity contribution in [2.75, 3.05) is 0 Å². The van der Waals surface area contributed by atoms with Gasteiger partial charge in [-0.15, -0.1) is 0 Å². The van der Waals surface area contributed by atoms with Crippen LogP contribution < -0.4 is 0 Å². The van der Waals surface area contributed by atoms with Gasteiger partial charge in [0.25, 0.3) is 0 Å². The van der Waals surface area contributed by atoms with Crippen molar-refractivity contribution in [2.45, 2.75) is 0 Å². The predicted octanol–water partition coefficient (Wildman–Crippen LogP) is 5.17. The van der Waals surface area contributed by atoms with Crippen LogP contribution in [0.2, 0.25) is 5.02 Å². The van der Waals surface area contributed by atoms with Crippen LogP contribution in [0.15, 0.2) is 53.0 Å². The van der Waals surface area contributed by atoms with Crippen LogP contribution in [0.5, 0.6) is 0 Å². The Morgan fingerprint density at radius 2 is 1.78 bits per heavy atom. The number of benzene rings is 2. The molecule has 0 aliphatic heterocycles. The van der Waals surface area contributed by atoms with Crippen LogP contribution in [-0.2, 0) is 0 Å². The van der Waals surface area contributed by atoms with Gasteiger partial charge in [0.1, 0.15) is 0 Å². The highest BCUT2D eigenvalue weighted by atomic mass is 79.9. The highest BCUT2D eigenvalue weighted by molar-refractivity contribution is 9.10. The van der Waals surface area contributed by atoms with E-state index in [0.29, 0.717) is 10.6 Å². The van der Waals surface area contributed by atoms with Crippen molar-refractivity contribution in [3.05, 3.63) is 69.2 Å². The summed E-state index contributed by atoms with van der Waals surface area (Å²) in [5.41, 5.74) is 2.31. The Morgan fingerprint density at radius 1 is 1.11 bits per heavy atom. The molecule has 0 saturated carbocycles. The maximum Gasteiger partial charge on any atom is 0.0998 e. The predicted molar refractivity (Wildman–Crippen MR) is 79.1 cm³/mol. The molecule has 2 rings (SSSR count). The van der Waals surface area contributed by atoms with Crippen LogP contribution in [0.1, 0.15) is 11.1 Å². The molecule has 1 nitrogen and oxygen atoms in total. The number of allylic oxidation sites excluding steroid dienone is 1. The lowest BCUT2D eigenvalue weighted by Gasteiger charge is -2.01. The Balaban J connectivity index is 2.44. The summed E-state index contributed by atoms with van der Waals surface area (Å²) in [5.74, 6) is 0. The van der Waals surface area contributed by atoms with Gasteiger partial charge in [0.2, 0.25) is 0 Å². The Hall–Kier alpha value is -1.56. The van der Waals surface area contributed by atoms with Gasteiger partial charge in [0.05, 0.1) is 11.6 Å². The third-order valence-corrected chi connectivity index (χ3v) is 3.35. The maximum atomic E-state index is 9.23. The van der Waals surface area contributed by atoms with E-state index in [0.717, 1.165) is 15.6 Å². The summed E-state index contributed by atoms with van der Waals surface area (Å²) in [7, 11) is 0. The molecule has 0 aliphatic rings. The van der Waals surface area contributed by atoms with E-state index in [2.05, 4.69) is 22.0 Å². The minimum Gasteiger partial charge on any atom is -0.192 e. The first-order chi connectivity index (χ1) is 8.70. The molecule has 0 saturated heterocycles. The molecule has 0 amide bonds. The number of halogens is 2. The molecule has 2 aromatic carbocycles. The zero-order valence-electron chi connectivity index (χ0n) is 9.40. The Labute approximate surface area is 119 Å². The summed E-state index contributed by atoms with van der Waals surface area (Å²) in [5, 5.41) is 9.87. The normalized spacial score (nSPS) is 11.1. The van der Waals surface area contributed by atoms with E-state index in [9.17, 15) is 5.26 Å². The van der Waals surface area contributed by atoms with Crippen LogP contribution >= 0.6 is 27.5 Å². The van der Waals surface area contributed by atoms with Gasteiger partial charge in [-0.05, 0) is 35.4 Å². The molecule has 88 valence electrons. The van der Waals surface area contributed by atoms with Gasteiger partial charge in [0, 0.05) is 9.50 Å². The van der Waals surface area contributed by atoms with Gasteiger partial charge in [-0.3, -0.25) is 0 Å². The Morgan fingerprint density at radius 3 is 2.39 bits per heavy atom. The maximum absolute atomic E-state index is 9.23. The molecular formula is C15H9BrClN. The highest BCUT2D eigenvalue weighted by Gasteiger charge is 2.02. The number of nitriles is 1. The molecule has 0 unspecified atom stereocenters. The molecule has 0 aliphatic carbocycles. The lowest BCUT2D eigenvalue weighted by atomic mass is 10.0. The van der Waals surface area contributed by atoms with Gasteiger partial charge in [-0.25, -0.2) is 0 Å². The molecule has 0 N–H and O–H groups in total.